The van der Waals surface area contributed by atoms with Crippen LogP contribution in [0.4, 0.5) is 23.2 Å². The summed E-state index contributed by atoms with van der Waals surface area (Å²) < 4.78 is 61.9. The SMILES string of the molecule is O=C(Nc1ccc(Oc2ccnc(C3=NCCN3)c2)cc1F)c1n[nH]c2ccc(OC(F)(F)F)cc12. The van der Waals surface area contributed by atoms with E-state index in [-0.39, 0.29) is 22.5 Å². The van der Waals surface area contributed by atoms with Crippen LogP contribution < -0.4 is 20.1 Å². The monoisotopic (exact) mass is 500 g/mol. The number of amides is 1. The fourth-order valence-corrected chi connectivity index (χ4v) is 3.52. The number of amidine groups is 1. The van der Waals surface area contributed by atoms with Crippen molar-refractivity contribution in [1.29, 1.82) is 0 Å². The molecule has 4 aromatic rings. The van der Waals surface area contributed by atoms with Crippen LogP contribution in [0.15, 0.2) is 59.7 Å². The molecule has 1 aliphatic heterocycles. The smallest absolute Gasteiger partial charge is 0.457 e. The number of fused-ring (bicyclic) bond motifs is 1. The van der Waals surface area contributed by atoms with Crippen molar-refractivity contribution in [3.8, 4) is 17.2 Å². The van der Waals surface area contributed by atoms with Gasteiger partial charge in [0.25, 0.3) is 5.91 Å². The fourth-order valence-electron chi connectivity index (χ4n) is 3.52. The van der Waals surface area contributed by atoms with Gasteiger partial charge in [0, 0.05) is 30.3 Å². The number of alkyl halides is 3. The van der Waals surface area contributed by atoms with Crippen molar-refractivity contribution in [3.05, 3.63) is 71.9 Å². The largest absolute Gasteiger partial charge is 0.573 e. The van der Waals surface area contributed by atoms with Gasteiger partial charge in [-0.3, -0.25) is 19.9 Å². The van der Waals surface area contributed by atoms with Gasteiger partial charge >= 0.3 is 6.36 Å². The van der Waals surface area contributed by atoms with Gasteiger partial charge in [-0.25, -0.2) is 4.39 Å². The molecule has 184 valence electrons. The number of benzene rings is 2. The third-order valence-electron chi connectivity index (χ3n) is 5.06. The van der Waals surface area contributed by atoms with E-state index in [9.17, 15) is 22.4 Å². The highest BCUT2D eigenvalue weighted by Gasteiger charge is 2.31. The predicted octanol–water partition coefficient (Wildman–Crippen LogP) is 4.39. The maximum Gasteiger partial charge on any atom is 0.573 e. The Morgan fingerprint density at radius 1 is 1.03 bits per heavy atom. The van der Waals surface area contributed by atoms with Gasteiger partial charge in [-0.05, 0) is 36.4 Å². The number of rotatable bonds is 6. The molecule has 0 spiro atoms. The summed E-state index contributed by atoms with van der Waals surface area (Å²) in [4.78, 5) is 21.2. The molecular weight excluding hydrogens is 484 g/mol. The number of anilines is 1. The Balaban J connectivity index is 1.31. The Bertz CT molecular complexity index is 1480. The van der Waals surface area contributed by atoms with E-state index in [0.29, 0.717) is 29.3 Å². The molecule has 0 unspecified atom stereocenters. The van der Waals surface area contributed by atoms with Gasteiger partial charge < -0.3 is 20.1 Å². The van der Waals surface area contributed by atoms with Crippen LogP contribution in [0.1, 0.15) is 16.2 Å². The lowest BCUT2D eigenvalue weighted by atomic mass is 10.2. The quantitative estimate of drug-likeness (QED) is 0.339. The summed E-state index contributed by atoms with van der Waals surface area (Å²) in [5, 5.41) is 11.9. The van der Waals surface area contributed by atoms with E-state index in [1.807, 2.05) is 0 Å². The maximum atomic E-state index is 14.7. The van der Waals surface area contributed by atoms with E-state index >= 15 is 0 Å². The fraction of sp³-hybridized carbons (Fsp3) is 0.130. The number of carbonyl (C=O) groups is 1. The number of carbonyl (C=O) groups excluding carboxylic acids is 1. The van der Waals surface area contributed by atoms with E-state index < -0.39 is 23.8 Å². The average Bonchev–Trinajstić information content (AvgIpc) is 3.50. The Hall–Kier alpha value is -4.68. The number of aliphatic imine (C=N–C) groups is 1. The zero-order chi connectivity index (χ0) is 25.3. The number of ether oxygens (including phenoxy) is 2. The van der Waals surface area contributed by atoms with Crippen molar-refractivity contribution < 1.29 is 31.8 Å². The molecule has 1 amide bonds. The normalized spacial score (nSPS) is 13.3. The minimum absolute atomic E-state index is 0.0736. The van der Waals surface area contributed by atoms with E-state index in [1.54, 1.807) is 12.1 Å². The molecule has 5 rings (SSSR count). The van der Waals surface area contributed by atoms with Crippen LogP contribution in [0.5, 0.6) is 17.2 Å². The molecule has 36 heavy (non-hydrogen) atoms. The Labute approximate surface area is 200 Å². The molecular formula is C23H16F4N6O3. The standard InChI is InChI=1S/C23H16F4N6O3/c24-16-10-12(35-13-5-6-28-19(11-13)21-29-7-8-30-21)1-4-18(16)31-22(34)20-15-9-14(36-23(25,26)27)2-3-17(15)32-33-20/h1-6,9-11H,7-8H2,(H,29,30)(H,31,34)(H,32,33). The first-order valence-corrected chi connectivity index (χ1v) is 10.5. The van der Waals surface area contributed by atoms with E-state index in [2.05, 4.69) is 35.5 Å². The summed E-state index contributed by atoms with van der Waals surface area (Å²) in [5.74, 6) is -0.920. The lowest BCUT2D eigenvalue weighted by Crippen LogP contribution is -2.20. The predicted molar refractivity (Wildman–Crippen MR) is 121 cm³/mol. The minimum Gasteiger partial charge on any atom is -0.457 e. The number of H-pyrrole nitrogens is 1. The first-order chi connectivity index (χ1) is 17.2. The van der Waals surface area contributed by atoms with Gasteiger partial charge in [-0.15, -0.1) is 13.2 Å². The first-order valence-electron chi connectivity index (χ1n) is 10.5. The van der Waals surface area contributed by atoms with Crippen LogP contribution in [0, 0.1) is 5.82 Å². The molecule has 0 atom stereocenters. The second-order valence-electron chi connectivity index (χ2n) is 7.56. The number of hydrogen-bond acceptors (Lipinski definition) is 7. The molecule has 9 nitrogen and oxygen atoms in total. The van der Waals surface area contributed by atoms with Crippen LogP contribution in [0.25, 0.3) is 10.9 Å². The van der Waals surface area contributed by atoms with E-state index in [1.165, 1.54) is 24.4 Å². The highest BCUT2D eigenvalue weighted by atomic mass is 19.4. The summed E-state index contributed by atoms with van der Waals surface area (Å²) in [7, 11) is 0. The minimum atomic E-state index is -4.90. The van der Waals surface area contributed by atoms with Gasteiger partial charge in [0.2, 0.25) is 0 Å². The molecule has 3 heterocycles. The highest BCUT2D eigenvalue weighted by molar-refractivity contribution is 6.11. The van der Waals surface area contributed by atoms with Gasteiger partial charge in [0.1, 0.15) is 34.6 Å². The molecule has 13 heteroatoms. The number of pyridine rings is 1. The zero-order valence-electron chi connectivity index (χ0n) is 18.2. The molecule has 1 aliphatic rings. The zero-order valence-corrected chi connectivity index (χ0v) is 18.2. The summed E-state index contributed by atoms with van der Waals surface area (Å²) in [6.07, 6.45) is -3.36. The summed E-state index contributed by atoms with van der Waals surface area (Å²) in [5.41, 5.74) is 0.481. The number of hydrogen-bond donors (Lipinski definition) is 3. The third kappa shape index (κ3) is 5.04. The van der Waals surface area contributed by atoms with Crippen LogP contribution in [0.2, 0.25) is 0 Å². The molecule has 0 saturated heterocycles. The van der Waals surface area contributed by atoms with Crippen LogP contribution in [-0.4, -0.2) is 46.4 Å². The van der Waals surface area contributed by atoms with Crippen molar-refractivity contribution >= 4 is 28.3 Å². The molecule has 0 bridgehead atoms. The van der Waals surface area contributed by atoms with Crippen LogP contribution in [0.3, 0.4) is 0 Å². The van der Waals surface area contributed by atoms with Gasteiger partial charge in [0.15, 0.2) is 5.69 Å². The molecule has 3 N–H and O–H groups in total. The van der Waals surface area contributed by atoms with Crippen LogP contribution >= 0.6 is 0 Å². The lowest BCUT2D eigenvalue weighted by molar-refractivity contribution is -0.274. The first kappa shape index (κ1) is 23.1. The Morgan fingerprint density at radius 2 is 1.83 bits per heavy atom. The number of nitrogens with zero attached hydrogens (tertiary/aromatic N) is 3. The van der Waals surface area contributed by atoms with Gasteiger partial charge in [0.05, 0.1) is 17.7 Å². The topological polar surface area (TPSA) is 114 Å². The molecule has 2 aromatic carbocycles. The second kappa shape index (κ2) is 9.17. The van der Waals surface area contributed by atoms with Crippen molar-refractivity contribution in [2.75, 3.05) is 18.4 Å². The van der Waals surface area contributed by atoms with Crippen LogP contribution in [-0.2, 0) is 0 Å². The molecule has 0 saturated carbocycles. The van der Waals surface area contributed by atoms with E-state index in [4.69, 9.17) is 4.74 Å². The number of halogens is 4. The Kier molecular flexibility index (Phi) is 5.88. The second-order valence-corrected chi connectivity index (χ2v) is 7.56. The van der Waals surface area contributed by atoms with Crippen molar-refractivity contribution in [3.63, 3.8) is 0 Å². The van der Waals surface area contributed by atoms with Gasteiger partial charge in [-0.1, -0.05) is 0 Å². The number of aromatic amines is 1. The maximum absolute atomic E-state index is 14.7. The molecule has 2 aromatic heterocycles. The van der Waals surface area contributed by atoms with Crippen molar-refractivity contribution in [1.82, 2.24) is 20.5 Å². The van der Waals surface area contributed by atoms with E-state index in [0.717, 1.165) is 24.7 Å². The summed E-state index contributed by atoms with van der Waals surface area (Å²) >= 11 is 0. The summed E-state index contributed by atoms with van der Waals surface area (Å²) in [6, 6.07) is 10.5. The lowest BCUT2D eigenvalue weighted by Gasteiger charge is -2.10. The number of nitrogens with one attached hydrogen (secondary N) is 3. The Morgan fingerprint density at radius 3 is 2.58 bits per heavy atom. The van der Waals surface area contributed by atoms with Crippen molar-refractivity contribution in [2.24, 2.45) is 4.99 Å². The van der Waals surface area contributed by atoms with Crippen molar-refractivity contribution in [2.45, 2.75) is 6.36 Å². The van der Waals surface area contributed by atoms with Gasteiger partial charge in [-0.2, -0.15) is 5.10 Å². The summed E-state index contributed by atoms with van der Waals surface area (Å²) in [6.45, 7) is 1.37. The average molecular weight is 500 g/mol. The number of aromatic nitrogens is 3. The molecule has 0 aliphatic carbocycles. The molecule has 0 radical (unpaired) electrons. The third-order valence-corrected chi connectivity index (χ3v) is 5.06. The highest BCUT2D eigenvalue weighted by Crippen LogP contribution is 2.29. The molecule has 0 fully saturated rings.